The van der Waals surface area contributed by atoms with E-state index in [9.17, 15) is 8.42 Å². The van der Waals surface area contributed by atoms with E-state index in [2.05, 4.69) is 19.9 Å². The molecule has 3 rings (SSSR count). The molecular weight excluding hydrogens is 324 g/mol. The molecule has 0 radical (unpaired) electrons. The molecule has 1 aliphatic heterocycles. The Morgan fingerprint density at radius 3 is 2.33 bits per heavy atom. The number of aryl methyl sites for hydroxylation is 1. The molecule has 5 nitrogen and oxygen atoms in total. The van der Waals surface area contributed by atoms with E-state index >= 15 is 0 Å². The molecule has 24 heavy (non-hydrogen) atoms. The Morgan fingerprint density at radius 2 is 1.75 bits per heavy atom. The van der Waals surface area contributed by atoms with Crippen LogP contribution >= 0.6 is 0 Å². The molecule has 0 saturated heterocycles. The van der Waals surface area contributed by atoms with Crippen molar-refractivity contribution in [3.05, 3.63) is 66.2 Å². The van der Waals surface area contributed by atoms with E-state index < -0.39 is 10.0 Å². The van der Waals surface area contributed by atoms with E-state index in [0.29, 0.717) is 0 Å². The molecule has 1 aliphatic rings. The summed E-state index contributed by atoms with van der Waals surface area (Å²) < 4.78 is 30.6. The zero-order chi connectivity index (χ0) is 17.5. The van der Waals surface area contributed by atoms with Gasteiger partial charge in [-0.25, -0.2) is 13.6 Å². The Bertz CT molecular complexity index is 933. The highest BCUT2D eigenvalue weighted by molar-refractivity contribution is 7.89. The van der Waals surface area contributed by atoms with Gasteiger partial charge in [-0.2, -0.15) is 0 Å². The average Bonchev–Trinajstić information content (AvgIpc) is 2.87. The minimum atomic E-state index is -3.70. The standard InChI is InChI=1S/C18H20N2O3S/c1-13-4-9-16(17-12-18(2,3)10-11-23-17)20(13)14-5-7-15(8-6-14)24(19,21)22/h4-12H,1-3H3,(H2,19,21,22). The second-order valence-electron chi connectivity index (χ2n) is 6.48. The van der Waals surface area contributed by atoms with E-state index in [0.717, 1.165) is 22.8 Å². The summed E-state index contributed by atoms with van der Waals surface area (Å²) in [6.45, 7) is 6.20. The molecule has 0 bridgehead atoms. The predicted octanol–water partition coefficient (Wildman–Crippen LogP) is 3.34. The lowest BCUT2D eigenvalue weighted by Crippen LogP contribution is -2.13. The monoisotopic (exact) mass is 344 g/mol. The van der Waals surface area contributed by atoms with Gasteiger partial charge in [0.15, 0.2) is 0 Å². The van der Waals surface area contributed by atoms with Crippen LogP contribution in [0, 0.1) is 12.3 Å². The first kappa shape index (κ1) is 16.5. The van der Waals surface area contributed by atoms with Crippen LogP contribution in [0.2, 0.25) is 0 Å². The van der Waals surface area contributed by atoms with E-state index in [4.69, 9.17) is 9.88 Å². The smallest absolute Gasteiger partial charge is 0.238 e. The first-order chi connectivity index (χ1) is 11.2. The number of allylic oxidation sites excluding steroid dienone is 2. The van der Waals surface area contributed by atoms with Crippen molar-refractivity contribution in [2.45, 2.75) is 25.7 Å². The quantitative estimate of drug-likeness (QED) is 0.928. The number of sulfonamides is 1. The van der Waals surface area contributed by atoms with Crippen LogP contribution in [0.15, 0.2) is 59.7 Å². The maximum absolute atomic E-state index is 11.4. The topological polar surface area (TPSA) is 74.3 Å². The molecular formula is C18H20N2O3S. The molecule has 0 atom stereocenters. The Balaban J connectivity index is 2.07. The number of ether oxygens (including phenoxy) is 1. The van der Waals surface area contributed by atoms with Crippen molar-refractivity contribution in [1.29, 1.82) is 0 Å². The molecule has 6 heteroatoms. The maximum atomic E-state index is 11.4. The normalized spacial score (nSPS) is 16.6. The van der Waals surface area contributed by atoms with Crippen molar-refractivity contribution in [1.82, 2.24) is 4.57 Å². The number of hydrogen-bond donors (Lipinski definition) is 1. The summed E-state index contributed by atoms with van der Waals surface area (Å²) in [6, 6.07) is 10.5. The fourth-order valence-electron chi connectivity index (χ4n) is 2.70. The van der Waals surface area contributed by atoms with Crippen molar-refractivity contribution in [2.75, 3.05) is 0 Å². The molecule has 1 aromatic carbocycles. The lowest BCUT2D eigenvalue weighted by Gasteiger charge is -2.23. The number of benzene rings is 1. The highest BCUT2D eigenvalue weighted by Crippen LogP contribution is 2.33. The van der Waals surface area contributed by atoms with Crippen LogP contribution in [-0.4, -0.2) is 13.0 Å². The number of nitrogens with two attached hydrogens (primary N) is 1. The summed E-state index contributed by atoms with van der Waals surface area (Å²) >= 11 is 0. The Kier molecular flexibility index (Phi) is 3.89. The van der Waals surface area contributed by atoms with Crippen LogP contribution in [0.4, 0.5) is 0 Å². The Morgan fingerprint density at radius 1 is 1.08 bits per heavy atom. The maximum Gasteiger partial charge on any atom is 0.238 e. The third-order valence-corrected chi connectivity index (χ3v) is 4.88. The minimum absolute atomic E-state index is 0.0892. The number of primary sulfonamides is 1. The van der Waals surface area contributed by atoms with Gasteiger partial charge in [-0.15, -0.1) is 0 Å². The van der Waals surface area contributed by atoms with Gasteiger partial charge in [0.1, 0.15) is 5.76 Å². The number of hydrogen-bond acceptors (Lipinski definition) is 3. The van der Waals surface area contributed by atoms with Crippen LogP contribution < -0.4 is 5.14 Å². The van der Waals surface area contributed by atoms with Crippen LogP contribution in [0.25, 0.3) is 11.4 Å². The summed E-state index contributed by atoms with van der Waals surface area (Å²) in [5, 5.41) is 5.16. The number of nitrogens with zero attached hydrogens (tertiary/aromatic N) is 1. The van der Waals surface area contributed by atoms with E-state index in [1.165, 1.54) is 12.1 Å². The number of rotatable bonds is 3. The van der Waals surface area contributed by atoms with Gasteiger partial charge in [-0.1, -0.05) is 13.8 Å². The first-order valence-corrected chi connectivity index (χ1v) is 9.11. The fourth-order valence-corrected chi connectivity index (χ4v) is 3.21. The summed E-state index contributed by atoms with van der Waals surface area (Å²) in [5.41, 5.74) is 2.68. The van der Waals surface area contributed by atoms with E-state index in [1.807, 2.05) is 29.7 Å². The molecule has 0 unspecified atom stereocenters. The lowest BCUT2D eigenvalue weighted by atomic mass is 9.91. The van der Waals surface area contributed by atoms with Crippen molar-refractivity contribution in [2.24, 2.45) is 10.6 Å². The third kappa shape index (κ3) is 3.16. The molecule has 2 N–H and O–H groups in total. The highest BCUT2D eigenvalue weighted by Gasteiger charge is 2.21. The van der Waals surface area contributed by atoms with E-state index in [1.54, 1.807) is 18.4 Å². The lowest BCUT2D eigenvalue weighted by molar-refractivity contribution is 0.396. The van der Waals surface area contributed by atoms with Crippen molar-refractivity contribution < 1.29 is 13.2 Å². The zero-order valence-electron chi connectivity index (χ0n) is 13.9. The fraction of sp³-hybridized carbons (Fsp3) is 0.222. The first-order valence-electron chi connectivity index (χ1n) is 7.57. The van der Waals surface area contributed by atoms with Crippen molar-refractivity contribution in [3.8, 4) is 5.69 Å². The molecule has 1 aromatic heterocycles. The molecule has 2 heterocycles. The van der Waals surface area contributed by atoms with Crippen LogP contribution in [0.3, 0.4) is 0 Å². The minimum Gasteiger partial charge on any atom is -0.463 e. The van der Waals surface area contributed by atoms with Crippen molar-refractivity contribution >= 4 is 15.8 Å². The molecule has 0 fully saturated rings. The second kappa shape index (κ2) is 5.65. The molecule has 0 saturated carbocycles. The molecule has 2 aromatic rings. The number of aromatic nitrogens is 1. The molecule has 0 amide bonds. The summed E-state index contributed by atoms with van der Waals surface area (Å²) in [6.07, 6.45) is 5.76. The predicted molar refractivity (Wildman–Crippen MR) is 93.9 cm³/mol. The zero-order valence-corrected chi connectivity index (χ0v) is 14.7. The van der Waals surface area contributed by atoms with Gasteiger partial charge in [0.25, 0.3) is 0 Å². The average molecular weight is 344 g/mol. The SMILES string of the molecule is Cc1ccc(C2=CC(C)(C)C=CO2)n1-c1ccc(S(N)(=O)=O)cc1. The molecule has 126 valence electrons. The van der Waals surface area contributed by atoms with Gasteiger partial charge in [0.05, 0.1) is 16.9 Å². The van der Waals surface area contributed by atoms with Gasteiger partial charge in [0, 0.05) is 16.8 Å². The second-order valence-corrected chi connectivity index (χ2v) is 8.05. The third-order valence-electron chi connectivity index (χ3n) is 3.95. The largest absolute Gasteiger partial charge is 0.463 e. The van der Waals surface area contributed by atoms with Gasteiger partial charge < -0.3 is 9.30 Å². The Labute approximate surface area is 142 Å². The van der Waals surface area contributed by atoms with Crippen LogP contribution in [0.1, 0.15) is 25.2 Å². The summed E-state index contributed by atoms with van der Waals surface area (Å²) in [5.74, 6) is 0.770. The molecule has 0 spiro atoms. The van der Waals surface area contributed by atoms with Crippen LogP contribution in [-0.2, 0) is 14.8 Å². The van der Waals surface area contributed by atoms with Gasteiger partial charge >= 0.3 is 0 Å². The molecule has 0 aliphatic carbocycles. The van der Waals surface area contributed by atoms with Gasteiger partial charge in [0.2, 0.25) is 10.0 Å². The summed E-state index contributed by atoms with van der Waals surface area (Å²) in [7, 11) is -3.70. The van der Waals surface area contributed by atoms with E-state index in [-0.39, 0.29) is 10.3 Å². The van der Waals surface area contributed by atoms with Crippen molar-refractivity contribution in [3.63, 3.8) is 0 Å². The highest BCUT2D eigenvalue weighted by atomic mass is 32.2. The van der Waals surface area contributed by atoms with Crippen LogP contribution in [0.5, 0.6) is 0 Å². The summed E-state index contributed by atoms with van der Waals surface area (Å²) in [4.78, 5) is 0.0924. The van der Waals surface area contributed by atoms with Gasteiger partial charge in [-0.3, -0.25) is 0 Å². The Hall–Kier alpha value is -2.31. The van der Waals surface area contributed by atoms with Gasteiger partial charge in [-0.05, 0) is 55.5 Å².